The summed E-state index contributed by atoms with van der Waals surface area (Å²) in [6.07, 6.45) is 1.76. The Morgan fingerprint density at radius 2 is 1.96 bits per heavy atom. The number of nitrogens with zero attached hydrogens (tertiary/aromatic N) is 2. The number of halogens is 1. The molecule has 1 aromatic heterocycles. The summed E-state index contributed by atoms with van der Waals surface area (Å²) in [5, 5.41) is 3.77. The van der Waals surface area contributed by atoms with Crippen LogP contribution in [0.4, 0.5) is 0 Å². The first-order chi connectivity index (χ1) is 13.6. The highest BCUT2D eigenvalue weighted by Crippen LogP contribution is 2.20. The maximum Gasteiger partial charge on any atom is 0.223 e. The Balaban J connectivity index is 1.26. The Bertz CT molecular complexity index is 958. The Morgan fingerprint density at radius 1 is 1.21 bits per heavy atom. The summed E-state index contributed by atoms with van der Waals surface area (Å²) in [5.41, 5.74) is 4.40. The van der Waals surface area contributed by atoms with Crippen LogP contribution in [0, 0.1) is 12.8 Å². The van der Waals surface area contributed by atoms with Crippen LogP contribution in [-0.2, 0) is 17.9 Å². The molecule has 1 aliphatic rings. The molecule has 2 aromatic carbocycles. The number of imidazole rings is 1. The minimum absolute atomic E-state index is 0.0851. The number of amides is 1. The van der Waals surface area contributed by atoms with E-state index >= 15 is 0 Å². The topological polar surface area (TPSA) is 61.0 Å². The molecule has 6 heteroatoms. The maximum absolute atomic E-state index is 12.5. The van der Waals surface area contributed by atoms with Gasteiger partial charge in [-0.1, -0.05) is 29.8 Å². The van der Waals surface area contributed by atoms with Crippen LogP contribution in [0.3, 0.4) is 0 Å². The van der Waals surface area contributed by atoms with E-state index in [2.05, 4.69) is 45.3 Å². The molecule has 3 aromatic rings. The third kappa shape index (κ3) is 4.54. The first-order valence-corrected chi connectivity index (χ1v) is 10.1. The van der Waals surface area contributed by atoms with Crippen LogP contribution in [0.15, 0.2) is 42.5 Å². The number of aromatic nitrogens is 2. The summed E-state index contributed by atoms with van der Waals surface area (Å²) in [4.78, 5) is 23.0. The number of piperidine rings is 1. The fourth-order valence-electron chi connectivity index (χ4n) is 3.75. The Labute approximate surface area is 170 Å². The predicted octanol–water partition coefficient (Wildman–Crippen LogP) is 4.05. The molecule has 0 radical (unpaired) electrons. The minimum Gasteiger partial charge on any atom is -0.352 e. The number of hydrogen-bond donors (Lipinski definition) is 2. The number of carbonyl (C=O) groups is 1. The number of rotatable bonds is 5. The van der Waals surface area contributed by atoms with Crippen molar-refractivity contribution in [1.82, 2.24) is 20.2 Å². The molecule has 0 unspecified atom stereocenters. The molecule has 2 heterocycles. The van der Waals surface area contributed by atoms with Gasteiger partial charge in [-0.2, -0.15) is 0 Å². The summed E-state index contributed by atoms with van der Waals surface area (Å²) in [5.74, 6) is 1.22. The van der Waals surface area contributed by atoms with Crippen molar-refractivity contribution in [3.8, 4) is 0 Å². The van der Waals surface area contributed by atoms with E-state index in [4.69, 9.17) is 11.6 Å². The second-order valence-corrected chi connectivity index (χ2v) is 8.04. The number of fused-ring (bicyclic) bond motifs is 1. The second-order valence-electron chi connectivity index (χ2n) is 7.60. The largest absolute Gasteiger partial charge is 0.352 e. The Morgan fingerprint density at radius 3 is 2.71 bits per heavy atom. The molecule has 146 valence electrons. The zero-order chi connectivity index (χ0) is 19.5. The lowest BCUT2D eigenvalue weighted by molar-refractivity contribution is -0.126. The van der Waals surface area contributed by atoms with E-state index in [1.165, 1.54) is 5.56 Å². The zero-order valence-electron chi connectivity index (χ0n) is 16.0. The van der Waals surface area contributed by atoms with Gasteiger partial charge in [0.05, 0.1) is 17.6 Å². The minimum atomic E-state index is 0.0851. The number of hydrogen-bond acceptors (Lipinski definition) is 3. The van der Waals surface area contributed by atoms with Crippen molar-refractivity contribution in [2.45, 2.75) is 32.9 Å². The van der Waals surface area contributed by atoms with Crippen LogP contribution in [0.25, 0.3) is 11.0 Å². The SMILES string of the molecule is Cc1ccc2nc(CN3CCC(C(=O)NCc4ccc(Cl)cc4)CC3)[nH]c2c1. The number of likely N-dealkylation sites (tertiary alicyclic amines) is 1. The molecule has 0 saturated carbocycles. The first-order valence-electron chi connectivity index (χ1n) is 9.76. The van der Waals surface area contributed by atoms with Gasteiger partial charge in [-0.15, -0.1) is 0 Å². The number of H-pyrrole nitrogens is 1. The van der Waals surface area contributed by atoms with Gasteiger partial charge in [0, 0.05) is 17.5 Å². The van der Waals surface area contributed by atoms with E-state index in [0.717, 1.165) is 54.9 Å². The molecule has 2 N–H and O–H groups in total. The van der Waals surface area contributed by atoms with Gasteiger partial charge in [-0.25, -0.2) is 4.98 Å². The van der Waals surface area contributed by atoms with E-state index in [9.17, 15) is 4.79 Å². The molecular weight excluding hydrogens is 372 g/mol. The number of carbonyl (C=O) groups excluding carboxylic acids is 1. The fourth-order valence-corrected chi connectivity index (χ4v) is 3.88. The molecular formula is C22H25ClN4O. The van der Waals surface area contributed by atoms with Crippen molar-refractivity contribution in [3.63, 3.8) is 0 Å². The van der Waals surface area contributed by atoms with E-state index in [-0.39, 0.29) is 11.8 Å². The quantitative estimate of drug-likeness (QED) is 0.683. The average molecular weight is 397 g/mol. The van der Waals surface area contributed by atoms with Gasteiger partial charge < -0.3 is 10.3 Å². The maximum atomic E-state index is 12.5. The normalized spacial score (nSPS) is 15.8. The molecule has 4 rings (SSSR count). The Hall–Kier alpha value is -2.37. The summed E-state index contributed by atoms with van der Waals surface area (Å²) >= 11 is 5.90. The van der Waals surface area contributed by atoms with Crippen LogP contribution in [0.2, 0.25) is 5.02 Å². The molecule has 1 amide bonds. The lowest BCUT2D eigenvalue weighted by Crippen LogP contribution is -2.40. The third-order valence-corrected chi connectivity index (χ3v) is 5.65. The van der Waals surface area contributed by atoms with Crippen molar-refractivity contribution in [2.75, 3.05) is 13.1 Å². The zero-order valence-corrected chi connectivity index (χ0v) is 16.8. The van der Waals surface area contributed by atoms with Gasteiger partial charge in [-0.05, 0) is 68.2 Å². The molecule has 1 aliphatic heterocycles. The van der Waals surface area contributed by atoms with Gasteiger partial charge >= 0.3 is 0 Å². The average Bonchev–Trinajstić information content (AvgIpc) is 3.09. The highest BCUT2D eigenvalue weighted by Gasteiger charge is 2.25. The molecule has 1 saturated heterocycles. The second kappa shape index (κ2) is 8.33. The van der Waals surface area contributed by atoms with Crippen molar-refractivity contribution in [1.29, 1.82) is 0 Å². The Kier molecular flexibility index (Phi) is 5.64. The fraction of sp³-hybridized carbons (Fsp3) is 0.364. The summed E-state index contributed by atoms with van der Waals surface area (Å²) < 4.78 is 0. The molecule has 0 atom stereocenters. The van der Waals surface area contributed by atoms with Crippen molar-refractivity contribution in [2.24, 2.45) is 5.92 Å². The molecule has 1 fully saturated rings. The predicted molar refractivity (Wildman–Crippen MR) is 112 cm³/mol. The lowest BCUT2D eigenvalue weighted by atomic mass is 9.96. The van der Waals surface area contributed by atoms with E-state index in [1.54, 1.807) is 0 Å². The third-order valence-electron chi connectivity index (χ3n) is 5.40. The van der Waals surface area contributed by atoms with Crippen LogP contribution in [0.1, 0.15) is 29.8 Å². The van der Waals surface area contributed by atoms with E-state index in [1.807, 2.05) is 24.3 Å². The standard InChI is InChI=1S/C22H25ClN4O/c1-15-2-7-19-20(12-15)26-21(25-19)14-27-10-8-17(9-11-27)22(28)24-13-16-3-5-18(23)6-4-16/h2-7,12,17H,8-11,13-14H2,1H3,(H,24,28)(H,25,26). The summed E-state index contributed by atoms with van der Waals surface area (Å²) in [7, 11) is 0. The lowest BCUT2D eigenvalue weighted by Gasteiger charge is -2.30. The molecule has 0 bridgehead atoms. The van der Waals surface area contributed by atoms with Gasteiger partial charge in [-0.3, -0.25) is 9.69 Å². The highest BCUT2D eigenvalue weighted by molar-refractivity contribution is 6.30. The highest BCUT2D eigenvalue weighted by atomic mass is 35.5. The van der Waals surface area contributed by atoms with Crippen LogP contribution in [0.5, 0.6) is 0 Å². The van der Waals surface area contributed by atoms with Gasteiger partial charge in [0.15, 0.2) is 0 Å². The van der Waals surface area contributed by atoms with E-state index < -0.39 is 0 Å². The van der Waals surface area contributed by atoms with Crippen molar-refractivity contribution >= 4 is 28.5 Å². The first kappa shape index (κ1) is 19.0. The number of nitrogens with one attached hydrogen (secondary N) is 2. The van der Waals surface area contributed by atoms with Crippen molar-refractivity contribution < 1.29 is 4.79 Å². The summed E-state index contributed by atoms with van der Waals surface area (Å²) in [6.45, 7) is 5.26. The summed E-state index contributed by atoms with van der Waals surface area (Å²) in [6, 6.07) is 13.9. The molecule has 0 spiro atoms. The molecule has 0 aliphatic carbocycles. The van der Waals surface area contributed by atoms with E-state index in [0.29, 0.717) is 11.6 Å². The van der Waals surface area contributed by atoms with Crippen molar-refractivity contribution in [3.05, 3.63) is 64.4 Å². The van der Waals surface area contributed by atoms with Crippen LogP contribution >= 0.6 is 11.6 Å². The molecule has 28 heavy (non-hydrogen) atoms. The monoisotopic (exact) mass is 396 g/mol. The number of benzene rings is 2. The van der Waals surface area contributed by atoms with Gasteiger partial charge in [0.2, 0.25) is 5.91 Å². The number of aromatic amines is 1. The number of aryl methyl sites for hydroxylation is 1. The van der Waals surface area contributed by atoms with Gasteiger partial charge in [0.25, 0.3) is 0 Å². The molecule has 5 nitrogen and oxygen atoms in total. The smallest absolute Gasteiger partial charge is 0.223 e. The van der Waals surface area contributed by atoms with Crippen LogP contribution in [-0.4, -0.2) is 33.9 Å². The van der Waals surface area contributed by atoms with Crippen LogP contribution < -0.4 is 5.32 Å². The van der Waals surface area contributed by atoms with Gasteiger partial charge in [0.1, 0.15) is 5.82 Å².